The summed E-state index contributed by atoms with van der Waals surface area (Å²) in [7, 11) is 0. The fraction of sp³-hybridized carbons (Fsp3) is 0.125. The van der Waals surface area contributed by atoms with Crippen molar-refractivity contribution < 1.29 is 4.79 Å². The van der Waals surface area contributed by atoms with Gasteiger partial charge in [-0.3, -0.25) is 15.2 Å². The average Bonchev–Trinajstić information content (AvgIpc) is 2.75. The van der Waals surface area contributed by atoms with Crippen molar-refractivity contribution in [2.75, 3.05) is 11.1 Å². The lowest BCUT2D eigenvalue weighted by Gasteiger charge is -1.98. The Morgan fingerprint density at radius 1 is 1.67 bits per heavy atom. The van der Waals surface area contributed by atoms with E-state index in [1.165, 1.54) is 17.5 Å². The molecule has 0 aliphatic carbocycles. The van der Waals surface area contributed by atoms with Crippen LogP contribution in [0.2, 0.25) is 0 Å². The van der Waals surface area contributed by atoms with Gasteiger partial charge in [-0.15, -0.1) is 11.3 Å². The number of rotatable bonds is 2. The first-order valence-electron chi connectivity index (χ1n) is 4.19. The number of thiazole rings is 1. The van der Waals surface area contributed by atoms with Crippen LogP contribution in [0.5, 0.6) is 0 Å². The monoisotopic (exact) mass is 223 g/mol. The summed E-state index contributed by atoms with van der Waals surface area (Å²) in [5.41, 5.74) is 6.70. The molecule has 2 rings (SSSR count). The van der Waals surface area contributed by atoms with E-state index < -0.39 is 0 Å². The summed E-state index contributed by atoms with van der Waals surface area (Å²) in [6.07, 6.45) is 1.38. The van der Waals surface area contributed by atoms with Crippen LogP contribution >= 0.6 is 11.3 Å². The third kappa shape index (κ3) is 1.96. The number of nitrogens with one attached hydrogen (secondary N) is 2. The summed E-state index contributed by atoms with van der Waals surface area (Å²) in [5.74, 6) is -0.0589. The van der Waals surface area contributed by atoms with Gasteiger partial charge in [0.2, 0.25) is 0 Å². The lowest BCUT2D eigenvalue weighted by atomic mass is 10.3. The summed E-state index contributed by atoms with van der Waals surface area (Å²) < 4.78 is 0. The van der Waals surface area contributed by atoms with E-state index in [0.717, 1.165) is 5.69 Å². The molecule has 0 unspecified atom stereocenters. The van der Waals surface area contributed by atoms with Gasteiger partial charge in [-0.05, 0) is 6.92 Å². The summed E-state index contributed by atoms with van der Waals surface area (Å²) in [4.78, 5) is 15.7. The predicted molar refractivity (Wildman–Crippen MR) is 57.8 cm³/mol. The van der Waals surface area contributed by atoms with Gasteiger partial charge in [0.25, 0.3) is 5.91 Å². The Labute approximate surface area is 89.5 Å². The lowest BCUT2D eigenvalue weighted by Crippen LogP contribution is -2.12. The molecule has 0 radical (unpaired) electrons. The number of amides is 1. The number of aromatic amines is 1. The first-order valence-corrected chi connectivity index (χ1v) is 5.07. The highest BCUT2D eigenvalue weighted by molar-refractivity contribution is 7.13. The number of carbonyl (C=O) groups is 1. The number of hydrogen-bond acceptors (Lipinski definition) is 5. The van der Waals surface area contributed by atoms with Crippen molar-refractivity contribution in [3.8, 4) is 0 Å². The Morgan fingerprint density at radius 3 is 3.00 bits per heavy atom. The second kappa shape index (κ2) is 3.70. The van der Waals surface area contributed by atoms with Crippen LogP contribution in [0.3, 0.4) is 0 Å². The van der Waals surface area contributed by atoms with E-state index in [0.29, 0.717) is 10.7 Å². The van der Waals surface area contributed by atoms with Crippen molar-refractivity contribution >= 4 is 28.2 Å². The zero-order chi connectivity index (χ0) is 10.8. The number of aryl methyl sites for hydroxylation is 1. The van der Waals surface area contributed by atoms with E-state index in [-0.39, 0.29) is 11.7 Å². The first-order chi connectivity index (χ1) is 7.16. The Hall–Kier alpha value is -1.89. The molecule has 0 aliphatic heterocycles. The van der Waals surface area contributed by atoms with Crippen molar-refractivity contribution in [3.05, 3.63) is 22.8 Å². The topological polar surface area (TPSA) is 96.7 Å². The fourth-order valence-corrected chi connectivity index (χ4v) is 1.74. The molecule has 0 aromatic carbocycles. The molecular formula is C8H9N5OS. The molecule has 2 aromatic heterocycles. The van der Waals surface area contributed by atoms with Crippen LogP contribution in [0, 0.1) is 6.92 Å². The lowest BCUT2D eigenvalue weighted by molar-refractivity contribution is 0.102. The molecule has 1 amide bonds. The standard InChI is InChI=1S/C8H9N5OS/c1-4-3-15-8(11-4)12-7(14)5-2-10-13-6(5)9/h2-3H,1H3,(H3,9,10,13)(H,11,12,14). The smallest absolute Gasteiger partial charge is 0.262 e. The summed E-state index contributed by atoms with van der Waals surface area (Å²) in [6, 6.07) is 0. The summed E-state index contributed by atoms with van der Waals surface area (Å²) in [5, 5.41) is 11.2. The van der Waals surface area contributed by atoms with Gasteiger partial charge in [0.15, 0.2) is 5.13 Å². The van der Waals surface area contributed by atoms with Crippen LogP contribution in [-0.2, 0) is 0 Å². The molecule has 78 valence electrons. The summed E-state index contributed by atoms with van der Waals surface area (Å²) >= 11 is 1.37. The molecule has 7 heteroatoms. The van der Waals surface area contributed by atoms with E-state index in [1.54, 1.807) is 0 Å². The van der Waals surface area contributed by atoms with E-state index in [9.17, 15) is 4.79 Å². The number of H-pyrrole nitrogens is 1. The van der Waals surface area contributed by atoms with E-state index >= 15 is 0 Å². The first kappa shape index (κ1) is 9.66. The quantitative estimate of drug-likeness (QED) is 0.707. The normalized spacial score (nSPS) is 10.2. The highest BCUT2D eigenvalue weighted by atomic mass is 32.1. The number of hydrogen-bond donors (Lipinski definition) is 3. The molecule has 0 atom stereocenters. The molecule has 2 heterocycles. The zero-order valence-electron chi connectivity index (χ0n) is 7.94. The van der Waals surface area contributed by atoms with Crippen LogP contribution in [0.1, 0.15) is 16.1 Å². The Kier molecular flexibility index (Phi) is 2.38. The third-order valence-corrected chi connectivity index (χ3v) is 2.63. The van der Waals surface area contributed by atoms with E-state index in [1.807, 2.05) is 12.3 Å². The number of nitrogens with two attached hydrogens (primary N) is 1. The van der Waals surface area contributed by atoms with Gasteiger partial charge in [0, 0.05) is 5.38 Å². The van der Waals surface area contributed by atoms with Crippen molar-refractivity contribution in [3.63, 3.8) is 0 Å². The van der Waals surface area contributed by atoms with Crippen molar-refractivity contribution in [1.82, 2.24) is 15.2 Å². The zero-order valence-corrected chi connectivity index (χ0v) is 8.76. The van der Waals surface area contributed by atoms with Gasteiger partial charge in [-0.2, -0.15) is 5.10 Å². The number of aromatic nitrogens is 3. The molecule has 0 saturated carbocycles. The highest BCUT2D eigenvalue weighted by Crippen LogP contribution is 2.16. The van der Waals surface area contributed by atoms with Gasteiger partial charge >= 0.3 is 0 Å². The van der Waals surface area contributed by atoms with Gasteiger partial charge in [0.05, 0.1) is 11.9 Å². The van der Waals surface area contributed by atoms with Crippen LogP contribution in [0.15, 0.2) is 11.6 Å². The van der Waals surface area contributed by atoms with E-state index in [4.69, 9.17) is 5.73 Å². The maximum Gasteiger partial charge on any atom is 0.262 e. The molecule has 2 aromatic rings. The third-order valence-electron chi connectivity index (χ3n) is 1.75. The van der Waals surface area contributed by atoms with Gasteiger partial charge in [0.1, 0.15) is 11.4 Å². The largest absolute Gasteiger partial charge is 0.383 e. The molecule has 6 nitrogen and oxygen atoms in total. The van der Waals surface area contributed by atoms with Crippen LogP contribution in [0.25, 0.3) is 0 Å². The molecule has 0 spiro atoms. The Balaban J connectivity index is 2.14. The van der Waals surface area contributed by atoms with Gasteiger partial charge < -0.3 is 5.73 Å². The second-order valence-electron chi connectivity index (χ2n) is 2.95. The maximum atomic E-state index is 11.6. The minimum atomic E-state index is -0.310. The SMILES string of the molecule is Cc1csc(NC(=O)c2cn[nH]c2N)n1. The summed E-state index contributed by atoms with van der Waals surface area (Å²) in [6.45, 7) is 1.86. The molecule has 0 fully saturated rings. The van der Waals surface area contributed by atoms with Gasteiger partial charge in [-0.1, -0.05) is 0 Å². The number of nitrogen functional groups attached to an aromatic ring is 1. The predicted octanol–water partition coefficient (Wildman–Crippen LogP) is 1.01. The number of nitrogens with zero attached hydrogens (tertiary/aromatic N) is 2. The van der Waals surface area contributed by atoms with Gasteiger partial charge in [-0.25, -0.2) is 4.98 Å². The Morgan fingerprint density at radius 2 is 2.47 bits per heavy atom. The van der Waals surface area contributed by atoms with Crippen LogP contribution in [0.4, 0.5) is 10.9 Å². The van der Waals surface area contributed by atoms with E-state index in [2.05, 4.69) is 20.5 Å². The van der Waals surface area contributed by atoms with Crippen LogP contribution in [-0.4, -0.2) is 21.1 Å². The number of anilines is 2. The van der Waals surface area contributed by atoms with Crippen molar-refractivity contribution in [2.45, 2.75) is 6.92 Å². The van der Waals surface area contributed by atoms with Crippen LogP contribution < -0.4 is 11.1 Å². The van der Waals surface area contributed by atoms with Crippen molar-refractivity contribution in [1.29, 1.82) is 0 Å². The maximum absolute atomic E-state index is 11.6. The number of carbonyl (C=O) groups excluding carboxylic acids is 1. The molecular weight excluding hydrogens is 214 g/mol. The Bertz CT molecular complexity index is 489. The average molecular weight is 223 g/mol. The molecule has 15 heavy (non-hydrogen) atoms. The molecule has 4 N–H and O–H groups in total. The minimum absolute atomic E-state index is 0.251. The highest BCUT2D eigenvalue weighted by Gasteiger charge is 2.12. The fourth-order valence-electron chi connectivity index (χ4n) is 1.05. The second-order valence-corrected chi connectivity index (χ2v) is 3.80. The van der Waals surface area contributed by atoms with Crippen molar-refractivity contribution in [2.24, 2.45) is 0 Å². The minimum Gasteiger partial charge on any atom is -0.383 e. The molecule has 0 saturated heterocycles. The molecule has 0 bridgehead atoms. The molecule has 0 aliphatic rings.